The maximum absolute atomic E-state index is 13.2. The van der Waals surface area contributed by atoms with E-state index in [1.54, 1.807) is 12.1 Å². The molecule has 0 aliphatic carbocycles. The first-order valence-electron chi connectivity index (χ1n) is 8.23. The first-order chi connectivity index (χ1) is 12.2. The van der Waals surface area contributed by atoms with E-state index in [9.17, 15) is 4.39 Å². The first kappa shape index (κ1) is 15.4. The number of benzene rings is 2. The van der Waals surface area contributed by atoms with Gasteiger partial charge in [-0.3, -0.25) is 0 Å². The van der Waals surface area contributed by atoms with E-state index in [-0.39, 0.29) is 5.82 Å². The largest absolute Gasteiger partial charge is 0.334 e. The van der Waals surface area contributed by atoms with Gasteiger partial charge in [-0.15, -0.1) is 0 Å². The summed E-state index contributed by atoms with van der Waals surface area (Å²) in [6.07, 6.45) is 1.73. The molecule has 0 fully saturated rings. The van der Waals surface area contributed by atoms with Crippen LogP contribution in [0.2, 0.25) is 0 Å². The predicted octanol–water partition coefficient (Wildman–Crippen LogP) is 5.04. The lowest BCUT2D eigenvalue weighted by Crippen LogP contribution is -1.91. The minimum atomic E-state index is -0.272. The average molecular weight is 333 g/mol. The molecule has 124 valence electrons. The average Bonchev–Trinajstić information content (AvgIpc) is 3.10. The third-order valence-corrected chi connectivity index (χ3v) is 4.03. The fourth-order valence-electron chi connectivity index (χ4n) is 2.81. The Balaban J connectivity index is 1.90. The van der Waals surface area contributed by atoms with Gasteiger partial charge in [0.15, 0.2) is 5.82 Å². The summed E-state index contributed by atoms with van der Waals surface area (Å²) in [5, 5.41) is 4.99. The molecule has 0 atom stereocenters. The molecule has 4 nitrogen and oxygen atoms in total. The van der Waals surface area contributed by atoms with Crippen molar-refractivity contribution in [2.75, 3.05) is 0 Å². The number of hydrogen-bond donors (Lipinski definition) is 0. The second kappa shape index (κ2) is 6.43. The molecule has 4 aromatic rings. The summed E-state index contributed by atoms with van der Waals surface area (Å²) >= 11 is 0. The third-order valence-electron chi connectivity index (χ3n) is 4.03. The molecule has 0 N–H and O–H groups in total. The Hall–Kier alpha value is -3.08. The van der Waals surface area contributed by atoms with Gasteiger partial charge in [0.2, 0.25) is 0 Å². The number of aryl methyl sites for hydroxylation is 1. The summed E-state index contributed by atoms with van der Waals surface area (Å²) in [5.74, 6) is 0.901. The van der Waals surface area contributed by atoms with Crippen molar-refractivity contribution >= 4 is 10.9 Å². The second-order valence-electron chi connectivity index (χ2n) is 5.84. The fourth-order valence-corrected chi connectivity index (χ4v) is 2.81. The SMILES string of the molecule is CCCc1noc(-c2cc(-c3ccc(F)cc3)nc3ccccc23)n1. The van der Waals surface area contributed by atoms with Gasteiger partial charge in [0.1, 0.15) is 5.82 Å². The van der Waals surface area contributed by atoms with E-state index in [0.717, 1.165) is 40.6 Å². The number of nitrogens with zero attached hydrogens (tertiary/aromatic N) is 3. The van der Waals surface area contributed by atoms with Gasteiger partial charge in [-0.2, -0.15) is 4.98 Å². The number of rotatable bonds is 4. The molecule has 0 aliphatic rings. The lowest BCUT2D eigenvalue weighted by molar-refractivity contribution is 0.422. The standard InChI is InChI=1S/C20H16FN3O/c1-2-5-19-23-20(25-24-19)16-12-18(13-8-10-14(21)11-9-13)22-17-7-4-3-6-15(16)17/h3-4,6-12H,2,5H2,1H3. The molecule has 0 amide bonds. The van der Waals surface area contributed by atoms with Crippen LogP contribution in [0.1, 0.15) is 19.2 Å². The first-order valence-corrected chi connectivity index (χ1v) is 8.23. The lowest BCUT2D eigenvalue weighted by Gasteiger charge is -2.07. The molecule has 25 heavy (non-hydrogen) atoms. The molecule has 0 bridgehead atoms. The van der Waals surface area contributed by atoms with Gasteiger partial charge >= 0.3 is 0 Å². The Kier molecular flexibility index (Phi) is 3.98. The van der Waals surface area contributed by atoms with Gasteiger partial charge in [0.25, 0.3) is 5.89 Å². The van der Waals surface area contributed by atoms with Gasteiger partial charge in [0, 0.05) is 17.4 Å². The van der Waals surface area contributed by atoms with E-state index in [2.05, 4.69) is 17.1 Å². The maximum atomic E-state index is 13.2. The highest BCUT2D eigenvalue weighted by Crippen LogP contribution is 2.31. The summed E-state index contributed by atoms with van der Waals surface area (Å²) in [4.78, 5) is 9.20. The third kappa shape index (κ3) is 3.01. The highest BCUT2D eigenvalue weighted by Gasteiger charge is 2.15. The van der Waals surface area contributed by atoms with E-state index in [1.807, 2.05) is 30.3 Å². The summed E-state index contributed by atoms with van der Waals surface area (Å²) in [7, 11) is 0. The number of aromatic nitrogens is 3. The molecule has 2 aromatic heterocycles. The smallest absolute Gasteiger partial charge is 0.258 e. The quantitative estimate of drug-likeness (QED) is 0.525. The zero-order valence-electron chi connectivity index (χ0n) is 13.7. The van der Waals surface area contributed by atoms with Crippen LogP contribution in [0.5, 0.6) is 0 Å². The second-order valence-corrected chi connectivity index (χ2v) is 5.84. The van der Waals surface area contributed by atoms with Crippen molar-refractivity contribution in [2.45, 2.75) is 19.8 Å². The number of para-hydroxylation sites is 1. The van der Waals surface area contributed by atoms with Crippen LogP contribution in [0.15, 0.2) is 59.1 Å². The monoisotopic (exact) mass is 333 g/mol. The van der Waals surface area contributed by atoms with Crippen molar-refractivity contribution < 1.29 is 8.91 Å². The van der Waals surface area contributed by atoms with Crippen LogP contribution in [0.3, 0.4) is 0 Å². The van der Waals surface area contributed by atoms with E-state index in [1.165, 1.54) is 12.1 Å². The van der Waals surface area contributed by atoms with Crippen LogP contribution < -0.4 is 0 Å². The van der Waals surface area contributed by atoms with Crippen LogP contribution >= 0.6 is 0 Å². The molecule has 5 heteroatoms. The van der Waals surface area contributed by atoms with Crippen LogP contribution in [0, 0.1) is 5.82 Å². The van der Waals surface area contributed by atoms with Crippen LogP contribution in [-0.4, -0.2) is 15.1 Å². The number of hydrogen-bond acceptors (Lipinski definition) is 4. The zero-order chi connectivity index (χ0) is 17.2. The molecule has 0 unspecified atom stereocenters. The van der Waals surface area contributed by atoms with Gasteiger partial charge in [0.05, 0.1) is 16.8 Å². The molecule has 0 spiro atoms. The molecular weight excluding hydrogens is 317 g/mol. The number of fused-ring (bicyclic) bond motifs is 1. The highest BCUT2D eigenvalue weighted by atomic mass is 19.1. The maximum Gasteiger partial charge on any atom is 0.258 e. The molecular formula is C20H16FN3O. The van der Waals surface area contributed by atoms with E-state index in [4.69, 9.17) is 9.51 Å². The van der Waals surface area contributed by atoms with Crippen LogP contribution in [-0.2, 0) is 6.42 Å². The van der Waals surface area contributed by atoms with E-state index in [0.29, 0.717) is 11.7 Å². The molecule has 0 aliphatic heterocycles. The summed E-state index contributed by atoms with van der Waals surface area (Å²) in [6, 6.07) is 16.0. The molecule has 4 rings (SSSR count). The lowest BCUT2D eigenvalue weighted by atomic mass is 10.0. The number of halogens is 1. The molecule has 0 radical (unpaired) electrons. The summed E-state index contributed by atoms with van der Waals surface area (Å²) in [6.45, 7) is 2.07. The molecule has 0 saturated carbocycles. The van der Waals surface area contributed by atoms with Gasteiger partial charge in [-0.05, 0) is 42.8 Å². The topological polar surface area (TPSA) is 51.8 Å². The van der Waals surface area contributed by atoms with E-state index >= 15 is 0 Å². The van der Waals surface area contributed by atoms with Crippen molar-refractivity contribution in [2.24, 2.45) is 0 Å². The summed E-state index contributed by atoms with van der Waals surface area (Å²) < 4.78 is 18.7. The van der Waals surface area contributed by atoms with Crippen molar-refractivity contribution in [1.29, 1.82) is 0 Å². The van der Waals surface area contributed by atoms with Crippen molar-refractivity contribution in [3.63, 3.8) is 0 Å². The fraction of sp³-hybridized carbons (Fsp3) is 0.150. The van der Waals surface area contributed by atoms with Crippen LogP contribution in [0.25, 0.3) is 33.6 Å². The summed E-state index contributed by atoms with van der Waals surface area (Å²) in [5.41, 5.74) is 3.24. The molecule has 2 heterocycles. The zero-order valence-corrected chi connectivity index (χ0v) is 13.7. The number of pyridine rings is 1. The minimum absolute atomic E-state index is 0.272. The van der Waals surface area contributed by atoms with Gasteiger partial charge in [-0.1, -0.05) is 30.3 Å². The Bertz CT molecular complexity index is 1020. The van der Waals surface area contributed by atoms with Crippen molar-refractivity contribution in [1.82, 2.24) is 15.1 Å². The normalized spacial score (nSPS) is 11.1. The Morgan fingerprint density at radius 3 is 2.60 bits per heavy atom. The molecule has 2 aromatic carbocycles. The van der Waals surface area contributed by atoms with Crippen molar-refractivity contribution in [3.8, 4) is 22.7 Å². The minimum Gasteiger partial charge on any atom is -0.334 e. The van der Waals surface area contributed by atoms with E-state index < -0.39 is 0 Å². The molecule has 0 saturated heterocycles. The Morgan fingerprint density at radius 1 is 1.00 bits per heavy atom. The van der Waals surface area contributed by atoms with Crippen molar-refractivity contribution in [3.05, 3.63) is 66.2 Å². The predicted molar refractivity (Wildman–Crippen MR) is 94.4 cm³/mol. The Labute approximate surface area is 144 Å². The highest BCUT2D eigenvalue weighted by molar-refractivity contribution is 5.94. The van der Waals surface area contributed by atoms with Gasteiger partial charge in [-0.25, -0.2) is 9.37 Å². The van der Waals surface area contributed by atoms with Gasteiger partial charge < -0.3 is 4.52 Å². The Morgan fingerprint density at radius 2 is 1.80 bits per heavy atom. The van der Waals surface area contributed by atoms with Crippen LogP contribution in [0.4, 0.5) is 4.39 Å².